The summed E-state index contributed by atoms with van der Waals surface area (Å²) < 4.78 is 0. The van der Waals surface area contributed by atoms with Crippen LogP contribution in [0.3, 0.4) is 0 Å². The Morgan fingerprint density at radius 3 is 2.07 bits per heavy atom. The monoisotopic (exact) mass is 386 g/mol. The fraction of sp³-hybridized carbons (Fsp3) is 0.0435. The van der Waals surface area contributed by atoms with Gasteiger partial charge in [0.25, 0.3) is 11.8 Å². The van der Waals surface area contributed by atoms with Crippen molar-refractivity contribution in [3.63, 3.8) is 0 Å². The number of benzene rings is 3. The minimum Gasteiger partial charge on any atom is -0.506 e. The highest BCUT2D eigenvalue weighted by atomic mass is 16.3. The Balaban J connectivity index is 1.79. The van der Waals surface area contributed by atoms with Crippen LogP contribution in [0.15, 0.2) is 96.3 Å². The van der Waals surface area contributed by atoms with Gasteiger partial charge in [-0.1, -0.05) is 60.7 Å². The Hall–Kier alpha value is -4.06. The molecule has 3 N–H and O–H groups in total. The maximum atomic E-state index is 13.1. The van der Waals surface area contributed by atoms with E-state index in [1.807, 2.05) is 12.1 Å². The zero-order valence-electron chi connectivity index (χ0n) is 15.3. The van der Waals surface area contributed by atoms with E-state index in [1.165, 1.54) is 17.0 Å². The van der Waals surface area contributed by atoms with Gasteiger partial charge in [0, 0.05) is 5.69 Å². The van der Waals surface area contributed by atoms with Crippen molar-refractivity contribution in [2.75, 3.05) is 10.2 Å². The SMILES string of the molecule is O=C(Nc1ccccc1O)C1=C(O)C(=O)N(c2ccccc2)C1c1ccccc1. The lowest BCUT2D eigenvalue weighted by atomic mass is 9.98. The molecule has 0 fully saturated rings. The number of phenolic OH excluding ortho intramolecular Hbond substituents is 1. The van der Waals surface area contributed by atoms with Gasteiger partial charge in [0.05, 0.1) is 17.3 Å². The molecule has 4 rings (SSSR count). The van der Waals surface area contributed by atoms with Gasteiger partial charge in [0.2, 0.25) is 0 Å². The smallest absolute Gasteiger partial charge is 0.294 e. The third-order valence-electron chi connectivity index (χ3n) is 4.75. The van der Waals surface area contributed by atoms with Gasteiger partial charge in [0.1, 0.15) is 5.75 Å². The summed E-state index contributed by atoms with van der Waals surface area (Å²) in [6.07, 6.45) is 0. The van der Waals surface area contributed by atoms with E-state index in [0.29, 0.717) is 11.3 Å². The minimum absolute atomic E-state index is 0.0756. The topological polar surface area (TPSA) is 89.9 Å². The van der Waals surface area contributed by atoms with Crippen LogP contribution in [0.1, 0.15) is 11.6 Å². The maximum absolute atomic E-state index is 13.1. The van der Waals surface area contributed by atoms with Crippen molar-refractivity contribution < 1.29 is 19.8 Å². The number of phenols is 1. The number of anilines is 2. The number of carbonyl (C=O) groups excluding carboxylic acids is 2. The molecule has 1 atom stereocenters. The molecule has 6 heteroatoms. The van der Waals surface area contributed by atoms with Crippen LogP contribution in [0.2, 0.25) is 0 Å². The Kier molecular flexibility index (Phi) is 4.75. The van der Waals surface area contributed by atoms with Crippen LogP contribution in [0.5, 0.6) is 5.75 Å². The third-order valence-corrected chi connectivity index (χ3v) is 4.75. The van der Waals surface area contributed by atoms with Crippen molar-refractivity contribution in [2.24, 2.45) is 0 Å². The average Bonchev–Trinajstić information content (AvgIpc) is 3.02. The molecule has 0 spiro atoms. The van der Waals surface area contributed by atoms with Crippen molar-refractivity contribution in [1.82, 2.24) is 0 Å². The first-order chi connectivity index (χ1) is 14.1. The number of rotatable bonds is 4. The number of hydrogen-bond donors (Lipinski definition) is 3. The van der Waals surface area contributed by atoms with Gasteiger partial charge >= 0.3 is 0 Å². The summed E-state index contributed by atoms with van der Waals surface area (Å²) in [7, 11) is 0. The Morgan fingerprint density at radius 1 is 0.828 bits per heavy atom. The predicted octanol–water partition coefficient (Wildman–Crippen LogP) is 3.93. The van der Waals surface area contributed by atoms with Crippen molar-refractivity contribution in [2.45, 2.75) is 6.04 Å². The molecular weight excluding hydrogens is 368 g/mol. The Labute approximate surface area is 167 Å². The lowest BCUT2D eigenvalue weighted by Crippen LogP contribution is -2.31. The van der Waals surface area contributed by atoms with E-state index < -0.39 is 23.6 Å². The lowest BCUT2D eigenvalue weighted by Gasteiger charge is -2.27. The van der Waals surface area contributed by atoms with E-state index in [4.69, 9.17) is 0 Å². The molecule has 29 heavy (non-hydrogen) atoms. The molecule has 2 amide bonds. The standard InChI is InChI=1S/C23H18N2O4/c26-18-14-8-7-13-17(18)24-22(28)19-20(15-9-3-1-4-10-15)25(23(29)21(19)27)16-11-5-2-6-12-16/h1-14,20,26-27H,(H,24,28). The van der Waals surface area contributed by atoms with E-state index in [-0.39, 0.29) is 17.0 Å². The van der Waals surface area contributed by atoms with Gasteiger partial charge < -0.3 is 15.5 Å². The Bertz CT molecular complexity index is 1090. The zero-order chi connectivity index (χ0) is 20.4. The van der Waals surface area contributed by atoms with Crippen molar-refractivity contribution >= 4 is 23.2 Å². The molecule has 0 aliphatic carbocycles. The number of nitrogens with one attached hydrogen (secondary N) is 1. The summed E-state index contributed by atoms with van der Waals surface area (Å²) in [5.74, 6) is -2.05. The second-order valence-corrected chi connectivity index (χ2v) is 6.56. The van der Waals surface area contributed by atoms with Crippen LogP contribution in [-0.2, 0) is 9.59 Å². The van der Waals surface area contributed by atoms with Gasteiger partial charge in [-0.2, -0.15) is 0 Å². The fourth-order valence-electron chi connectivity index (χ4n) is 3.41. The number of amides is 2. The normalized spacial score (nSPS) is 16.2. The van der Waals surface area contributed by atoms with E-state index in [9.17, 15) is 19.8 Å². The number of carbonyl (C=O) groups is 2. The van der Waals surface area contributed by atoms with E-state index >= 15 is 0 Å². The summed E-state index contributed by atoms with van der Waals surface area (Å²) in [6.45, 7) is 0. The fourth-order valence-corrected chi connectivity index (χ4v) is 3.41. The summed E-state index contributed by atoms with van der Waals surface area (Å²) in [6, 6.07) is 23.3. The van der Waals surface area contributed by atoms with Crippen LogP contribution in [-0.4, -0.2) is 22.0 Å². The molecule has 144 valence electrons. The molecular formula is C23H18N2O4. The highest BCUT2D eigenvalue weighted by molar-refractivity contribution is 6.18. The van der Waals surface area contributed by atoms with Gasteiger partial charge in [-0.25, -0.2) is 0 Å². The van der Waals surface area contributed by atoms with Crippen LogP contribution in [0.25, 0.3) is 0 Å². The predicted molar refractivity (Wildman–Crippen MR) is 110 cm³/mol. The first-order valence-electron chi connectivity index (χ1n) is 9.04. The van der Waals surface area contributed by atoms with Gasteiger partial charge in [-0.15, -0.1) is 0 Å². The molecule has 1 heterocycles. The van der Waals surface area contributed by atoms with Gasteiger partial charge in [-0.3, -0.25) is 14.5 Å². The number of hydrogen-bond acceptors (Lipinski definition) is 4. The summed E-state index contributed by atoms with van der Waals surface area (Å²) in [5.41, 5.74) is 1.35. The molecule has 0 bridgehead atoms. The minimum atomic E-state index is -0.808. The molecule has 1 aliphatic heterocycles. The lowest BCUT2D eigenvalue weighted by molar-refractivity contribution is -0.117. The summed E-state index contributed by atoms with van der Waals surface area (Å²) in [5, 5.41) is 23.2. The number of nitrogens with zero attached hydrogens (tertiary/aromatic N) is 1. The third kappa shape index (κ3) is 3.32. The largest absolute Gasteiger partial charge is 0.506 e. The summed E-state index contributed by atoms with van der Waals surface area (Å²) >= 11 is 0. The Morgan fingerprint density at radius 2 is 1.41 bits per heavy atom. The second kappa shape index (κ2) is 7.52. The molecule has 1 unspecified atom stereocenters. The van der Waals surface area contributed by atoms with Crippen LogP contribution in [0.4, 0.5) is 11.4 Å². The molecule has 3 aromatic carbocycles. The quantitative estimate of drug-likeness (QED) is 0.593. The van der Waals surface area contributed by atoms with Crippen molar-refractivity contribution in [3.8, 4) is 5.75 Å². The van der Waals surface area contributed by atoms with Gasteiger partial charge in [-0.05, 0) is 29.8 Å². The molecule has 0 saturated carbocycles. The number of aromatic hydroxyl groups is 1. The van der Waals surface area contributed by atoms with Crippen LogP contribution >= 0.6 is 0 Å². The molecule has 0 radical (unpaired) electrons. The molecule has 1 aliphatic rings. The number of aliphatic hydroxyl groups excluding tert-OH is 1. The molecule has 0 saturated heterocycles. The first kappa shape index (κ1) is 18.3. The second-order valence-electron chi connectivity index (χ2n) is 6.56. The average molecular weight is 386 g/mol. The summed E-state index contributed by atoms with van der Waals surface area (Å²) in [4.78, 5) is 27.4. The first-order valence-corrected chi connectivity index (χ1v) is 9.04. The van der Waals surface area contributed by atoms with E-state index in [0.717, 1.165) is 0 Å². The van der Waals surface area contributed by atoms with Crippen LogP contribution in [0, 0.1) is 0 Å². The maximum Gasteiger partial charge on any atom is 0.294 e. The number of aliphatic hydroxyl groups is 1. The van der Waals surface area contributed by atoms with Crippen molar-refractivity contribution in [1.29, 1.82) is 0 Å². The molecule has 6 nitrogen and oxygen atoms in total. The highest BCUT2D eigenvalue weighted by Gasteiger charge is 2.44. The highest BCUT2D eigenvalue weighted by Crippen LogP contribution is 2.41. The molecule has 0 aromatic heterocycles. The van der Waals surface area contributed by atoms with Gasteiger partial charge in [0.15, 0.2) is 5.76 Å². The number of para-hydroxylation sites is 3. The van der Waals surface area contributed by atoms with Crippen LogP contribution < -0.4 is 10.2 Å². The zero-order valence-corrected chi connectivity index (χ0v) is 15.3. The van der Waals surface area contributed by atoms with Crippen molar-refractivity contribution in [3.05, 3.63) is 102 Å². The molecule has 3 aromatic rings. The van der Waals surface area contributed by atoms with E-state index in [2.05, 4.69) is 5.32 Å². The van der Waals surface area contributed by atoms with E-state index in [1.54, 1.807) is 60.7 Å².